The van der Waals surface area contributed by atoms with Crippen molar-refractivity contribution in [2.45, 2.75) is 44.6 Å². The van der Waals surface area contributed by atoms with Gasteiger partial charge in [0.1, 0.15) is 0 Å². The van der Waals surface area contributed by atoms with Crippen molar-refractivity contribution >= 4 is 15.7 Å². The van der Waals surface area contributed by atoms with Gasteiger partial charge in [-0.05, 0) is 25.2 Å². The van der Waals surface area contributed by atoms with Crippen LogP contribution in [-0.2, 0) is 14.6 Å². The summed E-state index contributed by atoms with van der Waals surface area (Å²) in [5.41, 5.74) is 5.77. The molecule has 2 aliphatic rings. The van der Waals surface area contributed by atoms with Gasteiger partial charge in [0.2, 0.25) is 5.91 Å². The van der Waals surface area contributed by atoms with Crippen molar-refractivity contribution in [3.8, 4) is 0 Å². The SMILES string of the molecule is NCC(NC(=O)C1CCS(=O)(=O)C1)C1CCCCC1. The molecule has 1 heterocycles. The molecule has 3 N–H and O–H groups in total. The highest BCUT2D eigenvalue weighted by atomic mass is 32.2. The van der Waals surface area contributed by atoms with Crippen molar-refractivity contribution in [1.29, 1.82) is 0 Å². The van der Waals surface area contributed by atoms with Gasteiger partial charge < -0.3 is 11.1 Å². The van der Waals surface area contributed by atoms with Crippen LogP contribution < -0.4 is 11.1 Å². The minimum absolute atomic E-state index is 0.000785. The Morgan fingerprint density at radius 2 is 1.89 bits per heavy atom. The summed E-state index contributed by atoms with van der Waals surface area (Å²) >= 11 is 0. The number of hydrogen-bond donors (Lipinski definition) is 2. The van der Waals surface area contributed by atoms with E-state index in [0.29, 0.717) is 18.9 Å². The lowest BCUT2D eigenvalue weighted by Gasteiger charge is -2.30. The third-order valence-electron chi connectivity index (χ3n) is 4.40. The summed E-state index contributed by atoms with van der Waals surface area (Å²) in [5, 5.41) is 2.99. The molecule has 110 valence electrons. The lowest BCUT2D eigenvalue weighted by molar-refractivity contribution is -0.125. The van der Waals surface area contributed by atoms with E-state index in [4.69, 9.17) is 5.73 Å². The van der Waals surface area contributed by atoms with Gasteiger partial charge in [0.15, 0.2) is 9.84 Å². The largest absolute Gasteiger partial charge is 0.352 e. The molecule has 2 fully saturated rings. The van der Waals surface area contributed by atoms with Crippen molar-refractivity contribution < 1.29 is 13.2 Å². The molecule has 0 spiro atoms. The molecule has 1 aliphatic carbocycles. The molecule has 5 nitrogen and oxygen atoms in total. The summed E-state index contributed by atoms with van der Waals surface area (Å²) in [6, 6.07) is 0.0103. The van der Waals surface area contributed by atoms with Crippen molar-refractivity contribution in [3.63, 3.8) is 0 Å². The first kappa shape index (κ1) is 14.8. The summed E-state index contributed by atoms with van der Waals surface area (Å²) in [7, 11) is -3.00. The predicted molar refractivity (Wildman–Crippen MR) is 74.3 cm³/mol. The third kappa shape index (κ3) is 3.92. The van der Waals surface area contributed by atoms with Crippen LogP contribution in [0.3, 0.4) is 0 Å². The smallest absolute Gasteiger partial charge is 0.224 e. The van der Waals surface area contributed by atoms with Crippen molar-refractivity contribution in [2.75, 3.05) is 18.1 Å². The Hall–Kier alpha value is -0.620. The first-order valence-electron chi connectivity index (χ1n) is 7.22. The molecule has 19 heavy (non-hydrogen) atoms. The first-order valence-corrected chi connectivity index (χ1v) is 9.05. The molecule has 1 aliphatic heterocycles. The van der Waals surface area contributed by atoms with Crippen LogP contribution in [0, 0.1) is 11.8 Å². The summed E-state index contributed by atoms with van der Waals surface area (Å²) in [4.78, 5) is 12.1. The fraction of sp³-hybridized carbons (Fsp3) is 0.923. The van der Waals surface area contributed by atoms with E-state index in [9.17, 15) is 13.2 Å². The number of nitrogens with one attached hydrogen (secondary N) is 1. The number of sulfone groups is 1. The molecule has 1 saturated heterocycles. The van der Waals surface area contributed by atoms with Gasteiger partial charge in [0, 0.05) is 12.6 Å². The highest BCUT2D eigenvalue weighted by Gasteiger charge is 2.34. The van der Waals surface area contributed by atoms with Gasteiger partial charge in [-0.25, -0.2) is 8.42 Å². The van der Waals surface area contributed by atoms with Crippen molar-refractivity contribution in [3.05, 3.63) is 0 Å². The van der Waals surface area contributed by atoms with E-state index in [1.807, 2.05) is 0 Å². The monoisotopic (exact) mass is 288 g/mol. The summed E-state index contributed by atoms with van der Waals surface area (Å²) in [6.07, 6.45) is 6.36. The maximum absolute atomic E-state index is 12.1. The fourth-order valence-electron chi connectivity index (χ4n) is 3.21. The van der Waals surface area contributed by atoms with Crippen LogP contribution in [0.15, 0.2) is 0 Å². The standard InChI is InChI=1S/C13H24N2O3S/c14-8-12(10-4-2-1-3-5-10)15-13(16)11-6-7-19(17,18)9-11/h10-12H,1-9,14H2,(H,15,16). The molecule has 2 atom stereocenters. The Morgan fingerprint density at radius 1 is 1.21 bits per heavy atom. The molecule has 6 heteroatoms. The molecule has 0 aromatic rings. The Morgan fingerprint density at radius 3 is 2.42 bits per heavy atom. The van der Waals surface area contributed by atoms with Crippen LogP contribution in [0.4, 0.5) is 0 Å². The second-order valence-corrected chi connectivity index (χ2v) is 8.08. The summed E-state index contributed by atoms with van der Waals surface area (Å²) in [6.45, 7) is 0.440. The first-order chi connectivity index (χ1) is 9.02. The van der Waals surface area contributed by atoms with Crippen LogP contribution in [0.25, 0.3) is 0 Å². The molecule has 2 unspecified atom stereocenters. The van der Waals surface area contributed by atoms with Crippen LogP contribution in [0.5, 0.6) is 0 Å². The van der Waals surface area contributed by atoms with Gasteiger partial charge in [0.05, 0.1) is 17.4 Å². The van der Waals surface area contributed by atoms with Gasteiger partial charge in [-0.2, -0.15) is 0 Å². The second kappa shape index (κ2) is 6.22. The van der Waals surface area contributed by atoms with Gasteiger partial charge in [-0.15, -0.1) is 0 Å². The van der Waals surface area contributed by atoms with E-state index >= 15 is 0 Å². The van der Waals surface area contributed by atoms with Gasteiger partial charge in [0.25, 0.3) is 0 Å². The summed E-state index contributed by atoms with van der Waals surface area (Å²) < 4.78 is 22.8. The molecular formula is C13H24N2O3S. The molecule has 0 radical (unpaired) electrons. The lowest BCUT2D eigenvalue weighted by Crippen LogP contribution is -2.48. The van der Waals surface area contributed by atoms with Gasteiger partial charge >= 0.3 is 0 Å². The molecule has 2 rings (SSSR count). The maximum atomic E-state index is 12.1. The van der Waals surface area contributed by atoms with Crippen molar-refractivity contribution in [1.82, 2.24) is 5.32 Å². The van der Waals surface area contributed by atoms with Gasteiger partial charge in [-0.1, -0.05) is 19.3 Å². The number of rotatable bonds is 4. The zero-order valence-corrected chi connectivity index (χ0v) is 12.1. The molecule has 0 aromatic carbocycles. The van der Waals surface area contributed by atoms with E-state index in [-0.39, 0.29) is 29.4 Å². The molecule has 1 amide bonds. The highest BCUT2D eigenvalue weighted by Crippen LogP contribution is 2.27. The lowest BCUT2D eigenvalue weighted by atomic mass is 9.83. The van der Waals surface area contributed by atoms with E-state index < -0.39 is 9.84 Å². The average molecular weight is 288 g/mol. The normalized spacial score (nSPS) is 29.0. The average Bonchev–Trinajstić information content (AvgIpc) is 2.77. The number of carbonyl (C=O) groups is 1. The van der Waals surface area contributed by atoms with Crippen LogP contribution in [-0.4, -0.2) is 38.4 Å². The number of hydrogen-bond acceptors (Lipinski definition) is 4. The molecule has 0 aromatic heterocycles. The summed E-state index contributed by atoms with van der Waals surface area (Å²) in [5.74, 6) is 0.105. The molecule has 0 bridgehead atoms. The Balaban J connectivity index is 1.89. The fourth-order valence-corrected chi connectivity index (χ4v) is 4.95. The number of carbonyl (C=O) groups excluding carboxylic acids is 1. The third-order valence-corrected chi connectivity index (χ3v) is 6.17. The number of nitrogens with two attached hydrogens (primary N) is 1. The van der Waals surface area contributed by atoms with E-state index in [1.54, 1.807) is 0 Å². The Labute approximate surface area is 115 Å². The van der Waals surface area contributed by atoms with Crippen molar-refractivity contribution in [2.24, 2.45) is 17.6 Å². The number of amides is 1. The minimum Gasteiger partial charge on any atom is -0.352 e. The zero-order chi connectivity index (χ0) is 13.9. The van der Waals surface area contributed by atoms with Crippen LogP contribution in [0.1, 0.15) is 38.5 Å². The van der Waals surface area contributed by atoms with Crippen LogP contribution in [0.2, 0.25) is 0 Å². The highest BCUT2D eigenvalue weighted by molar-refractivity contribution is 7.91. The molecular weight excluding hydrogens is 264 g/mol. The minimum atomic E-state index is -3.00. The van der Waals surface area contributed by atoms with E-state index in [0.717, 1.165) is 12.8 Å². The zero-order valence-electron chi connectivity index (χ0n) is 11.3. The molecule has 1 saturated carbocycles. The maximum Gasteiger partial charge on any atom is 0.224 e. The van der Waals surface area contributed by atoms with Gasteiger partial charge in [-0.3, -0.25) is 4.79 Å². The van der Waals surface area contributed by atoms with E-state index in [1.165, 1.54) is 19.3 Å². The Kier molecular flexibility index (Phi) is 4.84. The van der Waals surface area contributed by atoms with E-state index in [2.05, 4.69) is 5.32 Å². The quantitative estimate of drug-likeness (QED) is 0.786. The second-order valence-electron chi connectivity index (χ2n) is 5.85. The predicted octanol–water partition coefficient (Wildman–Crippen LogP) is 0.445. The Bertz CT molecular complexity index is 416. The topological polar surface area (TPSA) is 89.3 Å². The van der Waals surface area contributed by atoms with Crippen LogP contribution >= 0.6 is 0 Å².